The minimum Gasteiger partial charge on any atom is -0.507 e. The van der Waals surface area contributed by atoms with E-state index in [0.717, 1.165) is 50.2 Å². The van der Waals surface area contributed by atoms with Gasteiger partial charge in [-0.2, -0.15) is 0 Å². The summed E-state index contributed by atoms with van der Waals surface area (Å²) < 4.78 is 0. The Kier molecular flexibility index (Phi) is 6.22. The lowest BCUT2D eigenvalue weighted by molar-refractivity contribution is -0.919. The van der Waals surface area contributed by atoms with Gasteiger partial charge in [-0.05, 0) is 26.0 Å². The van der Waals surface area contributed by atoms with Crippen LogP contribution < -0.4 is 4.90 Å². The number of carbonyl (C=O) groups excluding carboxylic acids is 1. The van der Waals surface area contributed by atoms with E-state index >= 15 is 0 Å². The van der Waals surface area contributed by atoms with Crippen LogP contribution in [-0.2, 0) is 11.3 Å². The van der Waals surface area contributed by atoms with E-state index < -0.39 is 0 Å². The van der Waals surface area contributed by atoms with E-state index in [1.807, 2.05) is 36.9 Å². The fraction of sp³-hybridized carbons (Fsp3) is 0.526. The largest absolute Gasteiger partial charge is 0.507 e. The van der Waals surface area contributed by atoms with Crippen molar-refractivity contribution in [3.05, 3.63) is 42.0 Å². The van der Waals surface area contributed by atoms with Gasteiger partial charge in [-0.1, -0.05) is 24.3 Å². The molecule has 0 aromatic heterocycles. The van der Waals surface area contributed by atoms with Gasteiger partial charge in [0.25, 0.3) is 0 Å². The smallest absolute Gasteiger partial charge is 0.226 e. The molecule has 126 valence electrons. The molecule has 0 atom stereocenters. The van der Waals surface area contributed by atoms with Crippen molar-refractivity contribution in [3.8, 4) is 5.75 Å². The topological polar surface area (TPSA) is 45.0 Å². The first-order valence-corrected chi connectivity index (χ1v) is 8.54. The molecule has 0 spiro atoms. The Bertz CT molecular complexity index is 548. The number of amides is 1. The first kappa shape index (κ1) is 17.5. The lowest BCUT2D eigenvalue weighted by atomic mass is 9.94. The van der Waals surface area contributed by atoms with Crippen molar-refractivity contribution < 1.29 is 14.8 Å². The van der Waals surface area contributed by atoms with Crippen LogP contribution in [0.15, 0.2) is 36.4 Å². The van der Waals surface area contributed by atoms with Gasteiger partial charge in [0.1, 0.15) is 12.3 Å². The lowest BCUT2D eigenvalue weighted by Crippen LogP contribution is -3.11. The molecule has 0 bridgehead atoms. The minimum absolute atomic E-state index is 0.141. The molecule has 1 aromatic rings. The van der Waals surface area contributed by atoms with Crippen LogP contribution in [0.4, 0.5) is 0 Å². The van der Waals surface area contributed by atoms with Crippen molar-refractivity contribution >= 4 is 5.91 Å². The van der Waals surface area contributed by atoms with E-state index in [-0.39, 0.29) is 11.8 Å². The number of quaternary nitrogens is 1. The number of phenolic OH excluding ortho intramolecular Hbond substituents is 1. The van der Waals surface area contributed by atoms with E-state index in [1.165, 1.54) is 4.90 Å². The van der Waals surface area contributed by atoms with Gasteiger partial charge in [0.2, 0.25) is 5.91 Å². The Balaban J connectivity index is 1.87. The van der Waals surface area contributed by atoms with Crippen LogP contribution in [0.25, 0.3) is 0 Å². The summed E-state index contributed by atoms with van der Waals surface area (Å²) in [5.41, 5.74) is 2.02. The van der Waals surface area contributed by atoms with Crippen molar-refractivity contribution in [3.63, 3.8) is 0 Å². The Labute approximate surface area is 139 Å². The van der Waals surface area contributed by atoms with Crippen molar-refractivity contribution in [2.75, 3.05) is 26.2 Å². The number of nitrogens with zero attached hydrogens (tertiary/aromatic N) is 1. The molecular weight excluding hydrogens is 288 g/mol. The molecule has 0 radical (unpaired) electrons. The van der Waals surface area contributed by atoms with Gasteiger partial charge in [0.15, 0.2) is 0 Å². The molecule has 0 aliphatic carbocycles. The molecule has 4 heteroatoms. The van der Waals surface area contributed by atoms with Crippen molar-refractivity contribution in [2.45, 2.75) is 33.2 Å². The second kappa shape index (κ2) is 8.16. The number of hydrogen-bond acceptors (Lipinski definition) is 2. The Hall–Kier alpha value is -1.81. The highest BCUT2D eigenvalue weighted by Crippen LogP contribution is 2.17. The quantitative estimate of drug-likeness (QED) is 0.783. The number of hydrogen-bond donors (Lipinski definition) is 2. The number of piperidine rings is 1. The molecule has 1 heterocycles. The fourth-order valence-electron chi connectivity index (χ4n) is 3.31. The Morgan fingerprint density at radius 1 is 1.35 bits per heavy atom. The van der Waals surface area contributed by atoms with Crippen LogP contribution in [0.2, 0.25) is 0 Å². The third-order valence-electron chi connectivity index (χ3n) is 4.63. The number of nitrogens with one attached hydrogen (secondary N) is 1. The van der Waals surface area contributed by atoms with Crippen LogP contribution in [0.1, 0.15) is 32.3 Å². The van der Waals surface area contributed by atoms with Crippen LogP contribution in [0, 0.1) is 5.92 Å². The maximum Gasteiger partial charge on any atom is 0.226 e. The number of para-hydroxylation sites is 1. The maximum absolute atomic E-state index is 12.6. The van der Waals surface area contributed by atoms with E-state index in [4.69, 9.17) is 0 Å². The van der Waals surface area contributed by atoms with Gasteiger partial charge in [-0.25, -0.2) is 0 Å². The summed E-state index contributed by atoms with van der Waals surface area (Å²) in [6.45, 7) is 12.1. The molecule has 4 nitrogen and oxygen atoms in total. The predicted octanol–water partition coefficient (Wildman–Crippen LogP) is 1.61. The zero-order chi connectivity index (χ0) is 16.8. The molecule has 1 aromatic carbocycles. The summed E-state index contributed by atoms with van der Waals surface area (Å²) >= 11 is 0. The molecular formula is C19H29N2O2+. The average Bonchev–Trinajstić information content (AvgIpc) is 2.54. The minimum atomic E-state index is 0.141. The number of benzene rings is 1. The van der Waals surface area contributed by atoms with Crippen LogP contribution >= 0.6 is 0 Å². The molecule has 1 saturated heterocycles. The average molecular weight is 317 g/mol. The second-order valence-corrected chi connectivity index (χ2v) is 6.64. The molecule has 23 heavy (non-hydrogen) atoms. The van der Waals surface area contributed by atoms with Gasteiger partial charge in [-0.3, -0.25) is 4.79 Å². The van der Waals surface area contributed by atoms with Crippen molar-refractivity contribution in [1.29, 1.82) is 0 Å². The summed E-state index contributed by atoms with van der Waals surface area (Å²) in [5.74, 6) is 0.788. The highest BCUT2D eigenvalue weighted by molar-refractivity contribution is 5.79. The third-order valence-corrected chi connectivity index (χ3v) is 4.63. The molecule has 1 amide bonds. The molecule has 1 aliphatic heterocycles. The summed E-state index contributed by atoms with van der Waals surface area (Å²) in [6, 6.07) is 7.52. The number of carbonyl (C=O) groups is 1. The molecule has 0 unspecified atom stereocenters. The standard InChI is InChI=1S/C19H28N2O2/c1-4-21(13-15(2)3)19(23)16-9-11-20(12-10-16)14-17-7-5-6-8-18(17)22/h5-8,16,22H,2,4,9-14H2,1,3H3/p+1. The van der Waals surface area contributed by atoms with Crippen LogP contribution in [-0.4, -0.2) is 42.1 Å². The summed E-state index contributed by atoms with van der Waals surface area (Å²) in [6.07, 6.45) is 1.85. The zero-order valence-electron chi connectivity index (χ0n) is 14.3. The molecule has 2 rings (SSSR count). The summed E-state index contributed by atoms with van der Waals surface area (Å²) in [5, 5.41) is 9.89. The number of phenols is 1. The van der Waals surface area contributed by atoms with Crippen molar-refractivity contribution in [1.82, 2.24) is 4.90 Å². The van der Waals surface area contributed by atoms with Gasteiger partial charge < -0.3 is 14.9 Å². The third kappa shape index (κ3) is 4.83. The molecule has 0 saturated carbocycles. The maximum atomic E-state index is 12.6. The van der Waals surface area contributed by atoms with Crippen LogP contribution in [0.3, 0.4) is 0 Å². The fourth-order valence-corrected chi connectivity index (χ4v) is 3.31. The van der Waals surface area contributed by atoms with Crippen molar-refractivity contribution in [2.24, 2.45) is 5.92 Å². The van der Waals surface area contributed by atoms with Gasteiger partial charge in [0.05, 0.1) is 13.1 Å². The first-order valence-electron chi connectivity index (χ1n) is 8.54. The normalized spacial score (nSPS) is 21.0. The second-order valence-electron chi connectivity index (χ2n) is 6.64. The van der Waals surface area contributed by atoms with E-state index in [1.54, 1.807) is 6.07 Å². The van der Waals surface area contributed by atoms with E-state index in [2.05, 4.69) is 6.58 Å². The van der Waals surface area contributed by atoms with E-state index in [0.29, 0.717) is 12.3 Å². The monoisotopic (exact) mass is 317 g/mol. The summed E-state index contributed by atoms with van der Waals surface area (Å²) in [7, 11) is 0. The highest BCUT2D eigenvalue weighted by Gasteiger charge is 2.30. The predicted molar refractivity (Wildman–Crippen MR) is 92.3 cm³/mol. The van der Waals surface area contributed by atoms with E-state index in [9.17, 15) is 9.90 Å². The lowest BCUT2D eigenvalue weighted by Gasteiger charge is -2.32. The molecule has 1 aliphatic rings. The number of aromatic hydroxyl groups is 1. The van der Waals surface area contributed by atoms with Crippen LogP contribution in [0.5, 0.6) is 5.75 Å². The zero-order valence-corrected chi connectivity index (χ0v) is 14.3. The molecule has 1 fully saturated rings. The van der Waals surface area contributed by atoms with Gasteiger partial charge >= 0.3 is 0 Å². The Morgan fingerprint density at radius 3 is 2.57 bits per heavy atom. The molecule has 2 N–H and O–H groups in total. The first-order chi connectivity index (χ1) is 11.0. The SMILES string of the molecule is C=C(C)CN(CC)C(=O)C1CC[NH+](Cc2ccccc2O)CC1. The van der Waals surface area contributed by atoms with Gasteiger partial charge in [0, 0.05) is 37.4 Å². The highest BCUT2D eigenvalue weighted by atomic mass is 16.3. The summed E-state index contributed by atoms with van der Waals surface area (Å²) in [4.78, 5) is 16.0. The van der Waals surface area contributed by atoms with Gasteiger partial charge in [-0.15, -0.1) is 0 Å². The number of likely N-dealkylation sites (N-methyl/N-ethyl adjacent to an activating group) is 1. The number of rotatable bonds is 6. The number of likely N-dealkylation sites (tertiary alicyclic amines) is 1. The Morgan fingerprint density at radius 2 is 2.00 bits per heavy atom.